The molecule has 4 nitrogen and oxygen atoms in total. The molecule has 0 aliphatic carbocycles. The Morgan fingerprint density at radius 2 is 1.67 bits per heavy atom. The molecule has 0 saturated heterocycles. The van der Waals surface area contributed by atoms with Crippen molar-refractivity contribution >= 4 is 22.6 Å². The lowest BCUT2D eigenvalue weighted by Gasteiger charge is -2.20. The van der Waals surface area contributed by atoms with Crippen LogP contribution >= 0.6 is 0 Å². The number of carbonyl (C=O) groups is 1. The van der Waals surface area contributed by atoms with Crippen LogP contribution in [-0.2, 0) is 11.3 Å². The summed E-state index contributed by atoms with van der Waals surface area (Å²) >= 11 is 0. The molecule has 0 aliphatic heterocycles. The van der Waals surface area contributed by atoms with Gasteiger partial charge in [-0.1, -0.05) is 45.9 Å². The first-order valence-electron chi connectivity index (χ1n) is 9.00. The summed E-state index contributed by atoms with van der Waals surface area (Å²) in [5, 5.41) is 3.02. The minimum atomic E-state index is -0.961. The molecule has 0 bridgehead atoms. The van der Waals surface area contributed by atoms with E-state index < -0.39 is 11.6 Å². The average molecular weight is 371 g/mol. The van der Waals surface area contributed by atoms with Crippen molar-refractivity contribution in [3.05, 3.63) is 59.4 Å². The second-order valence-electron chi connectivity index (χ2n) is 7.30. The predicted octanol–water partition coefficient (Wildman–Crippen LogP) is 5.20. The molecule has 142 valence electrons. The fraction of sp³-hybridized carbons (Fsp3) is 0.333. The van der Waals surface area contributed by atoms with E-state index >= 15 is 0 Å². The zero-order valence-corrected chi connectivity index (χ0v) is 15.9. The summed E-state index contributed by atoms with van der Waals surface area (Å²) in [5.41, 5.74) is 3.66. The number of rotatable bonds is 5. The van der Waals surface area contributed by atoms with Crippen LogP contribution in [0.2, 0.25) is 0 Å². The number of benzene rings is 2. The van der Waals surface area contributed by atoms with Gasteiger partial charge in [0.25, 0.3) is 0 Å². The van der Waals surface area contributed by atoms with Crippen molar-refractivity contribution < 1.29 is 13.6 Å². The van der Waals surface area contributed by atoms with E-state index in [-0.39, 0.29) is 24.3 Å². The Morgan fingerprint density at radius 3 is 2.26 bits per heavy atom. The zero-order valence-electron chi connectivity index (χ0n) is 15.9. The molecule has 0 aliphatic rings. The standard InChI is InChI=1S/C21H23F2N3O/c1-12(2)14-6-5-7-15(13(3)4)21(14)25-20(27)10-26-11-24-18-8-16(22)17(23)9-19(18)26/h5-9,11-13H,10H2,1-4H3,(H,25,27). The Labute approximate surface area is 157 Å². The molecule has 1 N–H and O–H groups in total. The monoisotopic (exact) mass is 371 g/mol. The minimum absolute atomic E-state index is 0.0362. The maximum atomic E-state index is 13.6. The highest BCUT2D eigenvalue weighted by Crippen LogP contribution is 2.32. The van der Waals surface area contributed by atoms with Gasteiger partial charge in [-0.3, -0.25) is 4.79 Å². The lowest BCUT2D eigenvalue weighted by molar-refractivity contribution is -0.116. The lowest BCUT2D eigenvalue weighted by Crippen LogP contribution is -2.20. The largest absolute Gasteiger partial charge is 0.324 e. The van der Waals surface area contributed by atoms with Crippen LogP contribution in [0, 0.1) is 11.6 Å². The highest BCUT2D eigenvalue weighted by atomic mass is 19.2. The van der Waals surface area contributed by atoms with Gasteiger partial charge in [-0.15, -0.1) is 0 Å². The SMILES string of the molecule is CC(C)c1cccc(C(C)C)c1NC(=O)Cn1cnc2cc(F)c(F)cc21. The van der Waals surface area contributed by atoms with Gasteiger partial charge >= 0.3 is 0 Å². The number of carbonyl (C=O) groups excluding carboxylic acids is 1. The molecule has 1 aromatic heterocycles. The van der Waals surface area contributed by atoms with E-state index in [0.717, 1.165) is 28.9 Å². The number of para-hydroxylation sites is 1. The van der Waals surface area contributed by atoms with Crippen LogP contribution in [0.1, 0.15) is 50.7 Å². The fourth-order valence-electron chi connectivity index (χ4n) is 3.21. The Kier molecular flexibility index (Phi) is 5.26. The van der Waals surface area contributed by atoms with E-state index in [2.05, 4.69) is 38.0 Å². The third-order valence-electron chi connectivity index (χ3n) is 4.61. The van der Waals surface area contributed by atoms with Crippen molar-refractivity contribution in [2.24, 2.45) is 0 Å². The molecule has 0 spiro atoms. The van der Waals surface area contributed by atoms with Crippen molar-refractivity contribution in [2.45, 2.75) is 46.1 Å². The number of nitrogens with one attached hydrogen (secondary N) is 1. The summed E-state index contributed by atoms with van der Waals surface area (Å²) in [4.78, 5) is 16.7. The molecule has 0 radical (unpaired) electrons. The zero-order chi connectivity index (χ0) is 19.7. The molecule has 1 heterocycles. The smallest absolute Gasteiger partial charge is 0.244 e. The number of halogens is 2. The summed E-state index contributed by atoms with van der Waals surface area (Å²) in [6.45, 7) is 8.28. The average Bonchev–Trinajstić information content (AvgIpc) is 2.96. The van der Waals surface area contributed by atoms with Gasteiger partial charge in [0.1, 0.15) is 6.54 Å². The van der Waals surface area contributed by atoms with Crippen LogP contribution in [0.25, 0.3) is 11.0 Å². The van der Waals surface area contributed by atoms with Crippen molar-refractivity contribution in [1.29, 1.82) is 0 Å². The number of fused-ring (bicyclic) bond motifs is 1. The number of hydrogen-bond acceptors (Lipinski definition) is 2. The van der Waals surface area contributed by atoms with Gasteiger partial charge in [-0.2, -0.15) is 0 Å². The fourth-order valence-corrected chi connectivity index (χ4v) is 3.21. The van der Waals surface area contributed by atoms with Gasteiger partial charge in [0.15, 0.2) is 11.6 Å². The van der Waals surface area contributed by atoms with E-state index in [1.807, 2.05) is 18.2 Å². The first-order chi connectivity index (χ1) is 12.8. The molecule has 2 aromatic carbocycles. The van der Waals surface area contributed by atoms with E-state index in [0.29, 0.717) is 11.0 Å². The Morgan fingerprint density at radius 1 is 1.07 bits per heavy atom. The molecule has 0 unspecified atom stereocenters. The predicted molar refractivity (Wildman–Crippen MR) is 103 cm³/mol. The Balaban J connectivity index is 1.90. The van der Waals surface area contributed by atoms with Crippen LogP contribution in [-0.4, -0.2) is 15.5 Å². The molecule has 0 atom stereocenters. The van der Waals surface area contributed by atoms with Gasteiger partial charge in [0.2, 0.25) is 5.91 Å². The molecule has 27 heavy (non-hydrogen) atoms. The van der Waals surface area contributed by atoms with E-state index in [1.54, 1.807) is 0 Å². The summed E-state index contributed by atoms with van der Waals surface area (Å²) in [7, 11) is 0. The van der Waals surface area contributed by atoms with Gasteiger partial charge in [-0.25, -0.2) is 13.8 Å². The molecule has 3 aromatic rings. The van der Waals surface area contributed by atoms with Gasteiger partial charge in [0.05, 0.1) is 17.4 Å². The van der Waals surface area contributed by atoms with Crippen LogP contribution in [0.4, 0.5) is 14.5 Å². The Hall–Kier alpha value is -2.76. The Bertz CT molecular complexity index is 966. The molecule has 3 rings (SSSR count). The van der Waals surface area contributed by atoms with Gasteiger partial charge in [-0.05, 0) is 23.0 Å². The maximum absolute atomic E-state index is 13.6. The normalized spacial score (nSPS) is 11.6. The number of nitrogens with zero attached hydrogens (tertiary/aromatic N) is 2. The minimum Gasteiger partial charge on any atom is -0.324 e. The first-order valence-corrected chi connectivity index (χ1v) is 9.00. The van der Waals surface area contributed by atoms with Gasteiger partial charge in [0, 0.05) is 17.8 Å². The number of hydrogen-bond donors (Lipinski definition) is 1. The van der Waals surface area contributed by atoms with Crippen LogP contribution < -0.4 is 5.32 Å². The number of aromatic nitrogens is 2. The van der Waals surface area contributed by atoms with Crippen LogP contribution in [0.15, 0.2) is 36.7 Å². The lowest BCUT2D eigenvalue weighted by atomic mass is 9.92. The van der Waals surface area contributed by atoms with Crippen molar-refractivity contribution in [3.8, 4) is 0 Å². The molecular formula is C21H23F2N3O. The summed E-state index contributed by atoms with van der Waals surface area (Å²) in [6.07, 6.45) is 1.42. The number of imidazole rings is 1. The molecule has 0 saturated carbocycles. The first kappa shape index (κ1) is 19.0. The van der Waals surface area contributed by atoms with Gasteiger partial charge < -0.3 is 9.88 Å². The molecule has 1 amide bonds. The van der Waals surface area contributed by atoms with E-state index in [4.69, 9.17) is 0 Å². The van der Waals surface area contributed by atoms with Crippen LogP contribution in [0.3, 0.4) is 0 Å². The highest BCUT2D eigenvalue weighted by Gasteiger charge is 2.17. The number of anilines is 1. The van der Waals surface area contributed by atoms with Crippen molar-refractivity contribution in [3.63, 3.8) is 0 Å². The summed E-state index contributed by atoms with van der Waals surface area (Å²) in [6, 6.07) is 8.12. The molecule has 0 fully saturated rings. The topological polar surface area (TPSA) is 46.9 Å². The third kappa shape index (κ3) is 3.84. The number of amides is 1. The van der Waals surface area contributed by atoms with Crippen LogP contribution in [0.5, 0.6) is 0 Å². The van der Waals surface area contributed by atoms with Crippen molar-refractivity contribution in [1.82, 2.24) is 9.55 Å². The quantitative estimate of drug-likeness (QED) is 0.670. The third-order valence-corrected chi connectivity index (χ3v) is 4.61. The second kappa shape index (κ2) is 7.47. The molecule has 6 heteroatoms. The van der Waals surface area contributed by atoms with E-state index in [1.165, 1.54) is 10.9 Å². The second-order valence-corrected chi connectivity index (χ2v) is 7.30. The molecular weight excluding hydrogens is 348 g/mol. The highest BCUT2D eigenvalue weighted by molar-refractivity contribution is 5.93. The van der Waals surface area contributed by atoms with E-state index in [9.17, 15) is 13.6 Å². The summed E-state index contributed by atoms with van der Waals surface area (Å²) in [5.74, 6) is -1.65. The van der Waals surface area contributed by atoms with Crippen molar-refractivity contribution in [2.75, 3.05) is 5.32 Å². The summed E-state index contributed by atoms with van der Waals surface area (Å²) < 4.78 is 28.4. The maximum Gasteiger partial charge on any atom is 0.244 e.